The lowest BCUT2D eigenvalue weighted by molar-refractivity contribution is 0.0315. The average molecular weight is 242 g/mol. The summed E-state index contributed by atoms with van der Waals surface area (Å²) in [6.45, 7) is 6.26. The summed E-state index contributed by atoms with van der Waals surface area (Å²) in [5.74, 6) is 0.913. The normalized spacial score (nSPS) is 12.6. The van der Waals surface area contributed by atoms with E-state index in [-0.39, 0.29) is 6.23 Å². The standard InChI is InChI=1S/C16H20NO/c1-3-17(4-2)16(14-10-8-9-11-14)18-15-12-6-5-7-13-15/h5-13,16H,3-4H2,1-2H3/q-1/t16-/m0/s1. The number of benzene rings is 1. The van der Waals surface area contributed by atoms with E-state index >= 15 is 0 Å². The first kappa shape index (κ1) is 12.8. The van der Waals surface area contributed by atoms with Gasteiger partial charge in [0.15, 0.2) is 6.23 Å². The van der Waals surface area contributed by atoms with Gasteiger partial charge in [-0.2, -0.15) is 12.1 Å². The van der Waals surface area contributed by atoms with Crippen LogP contribution in [0.2, 0.25) is 0 Å². The van der Waals surface area contributed by atoms with Gasteiger partial charge in [0.1, 0.15) is 5.75 Å². The van der Waals surface area contributed by atoms with Gasteiger partial charge in [0.25, 0.3) is 0 Å². The van der Waals surface area contributed by atoms with Gasteiger partial charge in [0.05, 0.1) is 0 Å². The second kappa shape index (κ2) is 6.31. The highest BCUT2D eigenvalue weighted by Crippen LogP contribution is 2.25. The van der Waals surface area contributed by atoms with Crippen LogP contribution in [0.25, 0.3) is 0 Å². The fourth-order valence-electron chi connectivity index (χ4n) is 2.09. The number of hydrogen-bond acceptors (Lipinski definition) is 2. The molecule has 18 heavy (non-hydrogen) atoms. The Hall–Kier alpha value is -1.67. The Balaban J connectivity index is 2.20. The Kier molecular flexibility index (Phi) is 4.48. The second-order valence-electron chi connectivity index (χ2n) is 4.22. The van der Waals surface area contributed by atoms with Crippen molar-refractivity contribution in [2.45, 2.75) is 20.1 Å². The molecule has 2 nitrogen and oxygen atoms in total. The summed E-state index contributed by atoms with van der Waals surface area (Å²) in [4.78, 5) is 2.31. The fraction of sp³-hybridized carbons (Fsp3) is 0.312. The summed E-state index contributed by atoms with van der Waals surface area (Å²) in [6.07, 6.45) is -0.00241. The predicted molar refractivity (Wildman–Crippen MR) is 74.8 cm³/mol. The number of nitrogens with zero attached hydrogens (tertiary/aromatic N) is 1. The molecule has 0 aromatic heterocycles. The van der Waals surface area contributed by atoms with Crippen LogP contribution in [0.3, 0.4) is 0 Å². The number of para-hydroxylation sites is 1. The fourth-order valence-corrected chi connectivity index (χ4v) is 2.09. The maximum absolute atomic E-state index is 6.13. The van der Waals surface area contributed by atoms with Crippen molar-refractivity contribution in [3.8, 4) is 5.75 Å². The van der Waals surface area contributed by atoms with Crippen LogP contribution in [0.1, 0.15) is 25.6 Å². The number of hydrogen-bond donors (Lipinski definition) is 0. The van der Waals surface area contributed by atoms with Crippen LogP contribution in [0.15, 0.2) is 54.6 Å². The van der Waals surface area contributed by atoms with Crippen LogP contribution >= 0.6 is 0 Å². The monoisotopic (exact) mass is 242 g/mol. The molecule has 2 rings (SSSR count). The molecule has 2 heteroatoms. The molecule has 2 aromatic carbocycles. The summed E-state index contributed by atoms with van der Waals surface area (Å²) in [7, 11) is 0. The Bertz CT molecular complexity index is 431. The van der Waals surface area contributed by atoms with E-state index in [1.54, 1.807) is 0 Å². The average Bonchev–Trinajstić information content (AvgIpc) is 2.94. The minimum absolute atomic E-state index is 0.00241. The van der Waals surface area contributed by atoms with Crippen LogP contribution in [-0.4, -0.2) is 18.0 Å². The zero-order valence-corrected chi connectivity index (χ0v) is 11.0. The maximum atomic E-state index is 6.13. The van der Waals surface area contributed by atoms with Crippen molar-refractivity contribution in [2.75, 3.05) is 13.1 Å². The van der Waals surface area contributed by atoms with Crippen LogP contribution in [0.4, 0.5) is 0 Å². The first-order chi connectivity index (χ1) is 8.85. The van der Waals surface area contributed by atoms with Gasteiger partial charge >= 0.3 is 0 Å². The van der Waals surface area contributed by atoms with Crippen molar-refractivity contribution in [2.24, 2.45) is 0 Å². The smallest absolute Gasteiger partial charge is 0.155 e. The molecule has 0 N–H and O–H groups in total. The van der Waals surface area contributed by atoms with E-state index < -0.39 is 0 Å². The molecule has 0 spiro atoms. The molecule has 0 unspecified atom stereocenters. The lowest BCUT2D eigenvalue weighted by Crippen LogP contribution is -2.32. The quantitative estimate of drug-likeness (QED) is 0.564. The second-order valence-corrected chi connectivity index (χ2v) is 4.22. The van der Waals surface area contributed by atoms with E-state index in [4.69, 9.17) is 4.74 Å². The van der Waals surface area contributed by atoms with E-state index in [1.165, 1.54) is 5.56 Å². The molecule has 2 aromatic rings. The zero-order chi connectivity index (χ0) is 12.8. The summed E-state index contributed by atoms with van der Waals surface area (Å²) < 4.78 is 6.13. The molecule has 0 aliphatic carbocycles. The number of ether oxygens (including phenoxy) is 1. The molecule has 0 radical (unpaired) electrons. The van der Waals surface area contributed by atoms with Crippen LogP contribution in [0, 0.1) is 0 Å². The molecule has 0 fully saturated rings. The molecule has 0 aliphatic rings. The highest BCUT2D eigenvalue weighted by atomic mass is 16.5. The minimum atomic E-state index is -0.00241. The van der Waals surface area contributed by atoms with Gasteiger partial charge < -0.3 is 4.74 Å². The molecule has 0 amide bonds. The Labute approximate surface area is 109 Å². The lowest BCUT2D eigenvalue weighted by atomic mass is 10.2. The summed E-state index contributed by atoms with van der Waals surface area (Å²) >= 11 is 0. The first-order valence-corrected chi connectivity index (χ1v) is 6.52. The third-order valence-electron chi connectivity index (χ3n) is 3.11. The molecule has 0 bridgehead atoms. The Morgan fingerprint density at radius 2 is 1.78 bits per heavy atom. The van der Waals surface area contributed by atoms with Crippen molar-refractivity contribution in [1.82, 2.24) is 4.90 Å². The molecule has 0 heterocycles. The van der Waals surface area contributed by atoms with Crippen LogP contribution < -0.4 is 4.74 Å². The van der Waals surface area contributed by atoms with E-state index in [2.05, 4.69) is 43.0 Å². The summed E-state index contributed by atoms with van der Waals surface area (Å²) in [5.41, 5.74) is 1.21. The van der Waals surface area contributed by atoms with Crippen molar-refractivity contribution in [3.63, 3.8) is 0 Å². The van der Waals surface area contributed by atoms with Gasteiger partial charge in [-0.3, -0.25) is 4.90 Å². The van der Waals surface area contributed by atoms with Gasteiger partial charge in [-0.05, 0) is 25.2 Å². The van der Waals surface area contributed by atoms with Gasteiger partial charge in [0.2, 0.25) is 0 Å². The first-order valence-electron chi connectivity index (χ1n) is 6.52. The Morgan fingerprint density at radius 3 is 2.33 bits per heavy atom. The summed E-state index contributed by atoms with van der Waals surface area (Å²) in [5, 5.41) is 0. The SMILES string of the molecule is CCN(CC)[C@@H](Oc1ccccc1)c1ccc[cH-]1. The lowest BCUT2D eigenvalue weighted by Gasteiger charge is -2.32. The van der Waals surface area contributed by atoms with Crippen molar-refractivity contribution in [3.05, 3.63) is 60.2 Å². The molecule has 0 aliphatic heterocycles. The van der Waals surface area contributed by atoms with E-state index in [1.807, 2.05) is 30.3 Å². The molecular weight excluding hydrogens is 222 g/mol. The van der Waals surface area contributed by atoms with Crippen molar-refractivity contribution < 1.29 is 4.74 Å². The predicted octanol–water partition coefficient (Wildman–Crippen LogP) is 3.82. The Morgan fingerprint density at radius 1 is 1.06 bits per heavy atom. The molecule has 0 saturated carbocycles. The largest absolute Gasteiger partial charge is 0.473 e. The molecule has 96 valence electrons. The van der Waals surface area contributed by atoms with Gasteiger partial charge in [-0.15, -0.1) is 5.56 Å². The third-order valence-corrected chi connectivity index (χ3v) is 3.11. The van der Waals surface area contributed by atoms with Crippen molar-refractivity contribution in [1.29, 1.82) is 0 Å². The minimum Gasteiger partial charge on any atom is -0.473 e. The highest BCUT2D eigenvalue weighted by Gasteiger charge is 2.16. The van der Waals surface area contributed by atoms with Crippen LogP contribution in [-0.2, 0) is 0 Å². The van der Waals surface area contributed by atoms with Crippen molar-refractivity contribution >= 4 is 0 Å². The zero-order valence-electron chi connectivity index (χ0n) is 11.0. The number of rotatable bonds is 6. The van der Waals surface area contributed by atoms with E-state index in [9.17, 15) is 0 Å². The third kappa shape index (κ3) is 2.96. The highest BCUT2D eigenvalue weighted by molar-refractivity contribution is 5.24. The van der Waals surface area contributed by atoms with Crippen LogP contribution in [0.5, 0.6) is 5.75 Å². The van der Waals surface area contributed by atoms with Gasteiger partial charge in [-0.25, -0.2) is 12.1 Å². The summed E-state index contributed by atoms with van der Waals surface area (Å²) in [6, 6.07) is 18.3. The van der Waals surface area contributed by atoms with E-state index in [0.717, 1.165) is 18.8 Å². The van der Waals surface area contributed by atoms with Gasteiger partial charge in [0, 0.05) is 0 Å². The topological polar surface area (TPSA) is 12.5 Å². The molecular formula is C16H20NO-. The molecule has 0 saturated heterocycles. The van der Waals surface area contributed by atoms with E-state index in [0.29, 0.717) is 0 Å². The van der Waals surface area contributed by atoms with Gasteiger partial charge in [-0.1, -0.05) is 32.0 Å². The molecule has 1 atom stereocenters. The maximum Gasteiger partial charge on any atom is 0.155 e.